The first-order chi connectivity index (χ1) is 8.45. The molecule has 0 fully saturated rings. The molecule has 0 aromatic carbocycles. The molecule has 0 saturated heterocycles. The number of rotatable bonds is 6. The van der Waals surface area contributed by atoms with E-state index in [-0.39, 0.29) is 6.61 Å². The molecule has 2 atom stereocenters. The summed E-state index contributed by atoms with van der Waals surface area (Å²) >= 11 is 0. The summed E-state index contributed by atoms with van der Waals surface area (Å²) in [6.07, 6.45) is 12.2. The highest BCUT2D eigenvalue weighted by atomic mass is 16.9. The van der Waals surface area contributed by atoms with E-state index >= 15 is 0 Å². The average molecular weight is 251 g/mol. The predicted molar refractivity (Wildman–Crippen MR) is 71.5 cm³/mol. The molecule has 0 bridgehead atoms. The third-order valence-corrected chi connectivity index (χ3v) is 3.23. The summed E-state index contributed by atoms with van der Waals surface area (Å²) in [5.74, 6) is 0.647. The van der Waals surface area contributed by atoms with Gasteiger partial charge in [-0.25, -0.2) is 0 Å². The standard InChI is InChI=1S/C14H21NO3/c1-4-12(2)10-13-6-5-8-14(3,9-7-13)11-18-15(16)17/h5-9,12H,4,10-11H2,1-3H3. The van der Waals surface area contributed by atoms with E-state index in [0.29, 0.717) is 5.92 Å². The van der Waals surface area contributed by atoms with Gasteiger partial charge in [0.15, 0.2) is 0 Å². The Bertz CT molecular complexity index is 385. The van der Waals surface area contributed by atoms with Crippen LogP contribution >= 0.6 is 0 Å². The molecule has 0 saturated carbocycles. The van der Waals surface area contributed by atoms with Crippen LogP contribution in [0.1, 0.15) is 33.6 Å². The van der Waals surface area contributed by atoms with Crippen LogP contribution in [0, 0.1) is 21.4 Å². The normalized spacial score (nSPS) is 24.3. The monoisotopic (exact) mass is 251 g/mol. The van der Waals surface area contributed by atoms with Crippen LogP contribution in [0.4, 0.5) is 0 Å². The van der Waals surface area contributed by atoms with Crippen molar-refractivity contribution < 1.29 is 9.92 Å². The molecule has 100 valence electrons. The molecule has 0 aromatic heterocycles. The van der Waals surface area contributed by atoms with Gasteiger partial charge in [0.05, 0.1) is 0 Å². The molecule has 4 heteroatoms. The van der Waals surface area contributed by atoms with Crippen LogP contribution in [0.15, 0.2) is 36.0 Å². The Labute approximate surface area is 108 Å². The first-order valence-electron chi connectivity index (χ1n) is 6.30. The average Bonchev–Trinajstić information content (AvgIpc) is 2.50. The third-order valence-electron chi connectivity index (χ3n) is 3.23. The molecule has 18 heavy (non-hydrogen) atoms. The van der Waals surface area contributed by atoms with Gasteiger partial charge < -0.3 is 4.84 Å². The molecule has 0 spiro atoms. The van der Waals surface area contributed by atoms with Crippen molar-refractivity contribution in [2.45, 2.75) is 33.6 Å². The summed E-state index contributed by atoms with van der Waals surface area (Å²) in [6, 6.07) is 0. The maximum atomic E-state index is 10.2. The lowest BCUT2D eigenvalue weighted by molar-refractivity contribution is -0.759. The smallest absolute Gasteiger partial charge is 0.294 e. The van der Waals surface area contributed by atoms with E-state index in [1.165, 1.54) is 5.57 Å². The fraction of sp³-hybridized carbons (Fsp3) is 0.571. The molecule has 0 aliphatic heterocycles. The first kappa shape index (κ1) is 14.5. The minimum atomic E-state index is -0.745. The molecule has 1 aliphatic carbocycles. The Morgan fingerprint density at radius 2 is 2.22 bits per heavy atom. The van der Waals surface area contributed by atoms with Crippen LogP contribution in [0.2, 0.25) is 0 Å². The molecule has 1 rings (SSSR count). The number of allylic oxidation sites excluding steroid dienone is 4. The molecule has 0 heterocycles. The van der Waals surface area contributed by atoms with Crippen molar-refractivity contribution in [1.82, 2.24) is 0 Å². The van der Waals surface area contributed by atoms with E-state index in [1.807, 2.05) is 25.2 Å². The minimum absolute atomic E-state index is 0.0530. The van der Waals surface area contributed by atoms with E-state index in [1.54, 1.807) is 0 Å². The van der Waals surface area contributed by atoms with Gasteiger partial charge in [0.1, 0.15) is 6.61 Å². The quantitative estimate of drug-likeness (QED) is 0.534. The maximum Gasteiger partial charge on any atom is 0.294 e. The lowest BCUT2D eigenvalue weighted by Crippen LogP contribution is -2.20. The summed E-state index contributed by atoms with van der Waals surface area (Å²) in [6.45, 7) is 6.37. The topological polar surface area (TPSA) is 52.4 Å². The summed E-state index contributed by atoms with van der Waals surface area (Å²) < 4.78 is 0. The van der Waals surface area contributed by atoms with Crippen molar-refractivity contribution in [1.29, 1.82) is 0 Å². The van der Waals surface area contributed by atoms with Gasteiger partial charge in [0.2, 0.25) is 0 Å². The van der Waals surface area contributed by atoms with Crippen molar-refractivity contribution in [2.75, 3.05) is 6.61 Å². The van der Waals surface area contributed by atoms with E-state index < -0.39 is 10.5 Å². The van der Waals surface area contributed by atoms with Crippen molar-refractivity contribution in [3.8, 4) is 0 Å². The minimum Gasteiger partial charge on any atom is -0.313 e. The molecule has 4 nitrogen and oxygen atoms in total. The second-order valence-corrected chi connectivity index (χ2v) is 5.15. The number of hydrogen-bond acceptors (Lipinski definition) is 3. The van der Waals surface area contributed by atoms with E-state index in [9.17, 15) is 10.1 Å². The molecule has 0 amide bonds. The zero-order chi connectivity index (χ0) is 13.6. The summed E-state index contributed by atoms with van der Waals surface area (Å²) in [4.78, 5) is 14.7. The lowest BCUT2D eigenvalue weighted by Gasteiger charge is -2.19. The van der Waals surface area contributed by atoms with E-state index in [4.69, 9.17) is 0 Å². The Morgan fingerprint density at radius 1 is 1.50 bits per heavy atom. The zero-order valence-corrected chi connectivity index (χ0v) is 11.3. The van der Waals surface area contributed by atoms with Crippen LogP contribution in [-0.2, 0) is 4.84 Å². The highest BCUT2D eigenvalue weighted by molar-refractivity contribution is 5.31. The van der Waals surface area contributed by atoms with Crippen LogP contribution in [0.25, 0.3) is 0 Å². The molecule has 0 radical (unpaired) electrons. The van der Waals surface area contributed by atoms with Crippen molar-refractivity contribution in [3.05, 3.63) is 46.1 Å². The summed E-state index contributed by atoms with van der Waals surface area (Å²) in [7, 11) is 0. The molecule has 1 aliphatic rings. The van der Waals surface area contributed by atoms with Crippen molar-refractivity contribution in [2.24, 2.45) is 11.3 Å². The fourth-order valence-corrected chi connectivity index (χ4v) is 1.77. The van der Waals surface area contributed by atoms with Gasteiger partial charge in [0.25, 0.3) is 5.09 Å². The summed E-state index contributed by atoms with van der Waals surface area (Å²) in [5.41, 5.74) is 0.839. The molecular weight excluding hydrogens is 230 g/mol. The highest BCUT2D eigenvalue weighted by Crippen LogP contribution is 2.26. The molecule has 0 N–H and O–H groups in total. The Balaban J connectivity index is 2.65. The van der Waals surface area contributed by atoms with Gasteiger partial charge in [-0.05, 0) is 17.9 Å². The van der Waals surface area contributed by atoms with Gasteiger partial charge in [0, 0.05) is 5.41 Å². The van der Waals surface area contributed by atoms with Crippen LogP contribution in [0.3, 0.4) is 0 Å². The van der Waals surface area contributed by atoms with Crippen LogP contribution in [0.5, 0.6) is 0 Å². The molecule has 0 aromatic rings. The van der Waals surface area contributed by atoms with Crippen LogP contribution in [-0.4, -0.2) is 11.7 Å². The Morgan fingerprint density at radius 3 is 2.83 bits per heavy atom. The number of nitrogens with zero attached hydrogens (tertiary/aromatic N) is 1. The Hall–Kier alpha value is -1.58. The maximum absolute atomic E-state index is 10.2. The number of hydrogen-bond donors (Lipinski definition) is 0. The second-order valence-electron chi connectivity index (χ2n) is 5.15. The van der Waals surface area contributed by atoms with Crippen molar-refractivity contribution in [3.63, 3.8) is 0 Å². The van der Waals surface area contributed by atoms with Gasteiger partial charge in [-0.3, -0.25) is 0 Å². The first-order valence-corrected chi connectivity index (χ1v) is 6.30. The van der Waals surface area contributed by atoms with Crippen molar-refractivity contribution >= 4 is 0 Å². The molecule has 2 unspecified atom stereocenters. The summed E-state index contributed by atoms with van der Waals surface area (Å²) in [5, 5.41) is 9.50. The SMILES string of the molecule is CCC(C)CC1=CC=CC(C)(CO[N+](=O)[O-])C=C1. The van der Waals surface area contributed by atoms with E-state index in [0.717, 1.165) is 12.8 Å². The molecular formula is C14H21NO3. The van der Waals surface area contributed by atoms with Gasteiger partial charge in [-0.2, -0.15) is 0 Å². The van der Waals surface area contributed by atoms with Gasteiger partial charge in [-0.15, -0.1) is 10.1 Å². The fourth-order valence-electron chi connectivity index (χ4n) is 1.77. The van der Waals surface area contributed by atoms with Crippen LogP contribution < -0.4 is 0 Å². The Kier molecular flexibility index (Phi) is 5.13. The highest BCUT2D eigenvalue weighted by Gasteiger charge is 2.20. The second kappa shape index (κ2) is 6.38. The van der Waals surface area contributed by atoms with Gasteiger partial charge in [-0.1, -0.05) is 57.6 Å². The lowest BCUT2D eigenvalue weighted by atomic mass is 9.90. The zero-order valence-electron chi connectivity index (χ0n) is 11.3. The van der Waals surface area contributed by atoms with Gasteiger partial charge >= 0.3 is 0 Å². The van der Waals surface area contributed by atoms with E-state index in [2.05, 4.69) is 30.8 Å². The largest absolute Gasteiger partial charge is 0.313 e. The predicted octanol–water partition coefficient (Wildman–Crippen LogP) is 3.69. The third kappa shape index (κ3) is 4.73.